The molecule has 2 aromatic rings. The van der Waals surface area contributed by atoms with Gasteiger partial charge >= 0.3 is 0 Å². The van der Waals surface area contributed by atoms with E-state index in [1.54, 1.807) is 11.3 Å². The van der Waals surface area contributed by atoms with Gasteiger partial charge in [0.25, 0.3) is 0 Å². The van der Waals surface area contributed by atoms with Crippen molar-refractivity contribution in [3.8, 4) is 0 Å². The van der Waals surface area contributed by atoms with Crippen LogP contribution in [0.25, 0.3) is 0 Å². The molecule has 0 aliphatic heterocycles. The summed E-state index contributed by atoms with van der Waals surface area (Å²) in [5, 5.41) is 7.74. The van der Waals surface area contributed by atoms with E-state index >= 15 is 0 Å². The topological polar surface area (TPSA) is 15.3 Å². The van der Waals surface area contributed by atoms with Gasteiger partial charge in [0.1, 0.15) is 0 Å². The molecule has 0 bridgehead atoms. The zero-order valence-electron chi connectivity index (χ0n) is 9.90. The second-order valence-electron chi connectivity index (χ2n) is 4.04. The van der Waals surface area contributed by atoms with E-state index in [9.17, 15) is 0 Å². The summed E-state index contributed by atoms with van der Waals surface area (Å²) < 4.78 is 1.09. The van der Waals surface area contributed by atoms with Gasteiger partial charge < -0.3 is 10.2 Å². The molecule has 0 saturated carbocycles. The molecule has 2 rings (SSSR count). The first-order valence-electron chi connectivity index (χ1n) is 5.38. The van der Waals surface area contributed by atoms with Crippen molar-refractivity contribution in [3.63, 3.8) is 0 Å². The number of thiophene rings is 1. The van der Waals surface area contributed by atoms with Gasteiger partial charge in [-0.2, -0.15) is 11.3 Å². The molecule has 4 heteroatoms. The van der Waals surface area contributed by atoms with Crippen molar-refractivity contribution in [1.82, 2.24) is 0 Å². The van der Waals surface area contributed by atoms with Crippen LogP contribution in [0.15, 0.2) is 39.5 Å². The van der Waals surface area contributed by atoms with Crippen LogP contribution < -0.4 is 10.2 Å². The summed E-state index contributed by atoms with van der Waals surface area (Å²) in [5.41, 5.74) is 3.67. The van der Waals surface area contributed by atoms with E-state index in [4.69, 9.17) is 0 Å². The van der Waals surface area contributed by atoms with E-state index in [1.165, 1.54) is 11.3 Å². The SMILES string of the molecule is CN(C)c1ccc(Br)cc1NCc1ccsc1. The molecule has 0 amide bonds. The number of halogens is 1. The van der Waals surface area contributed by atoms with Crippen LogP contribution in [0.1, 0.15) is 5.56 Å². The smallest absolute Gasteiger partial charge is 0.0597 e. The van der Waals surface area contributed by atoms with Crippen molar-refractivity contribution in [3.05, 3.63) is 45.1 Å². The average molecular weight is 311 g/mol. The van der Waals surface area contributed by atoms with E-state index in [2.05, 4.69) is 75.3 Å². The number of rotatable bonds is 4. The predicted octanol–water partition coefficient (Wildman–Crippen LogP) is 4.19. The number of nitrogens with zero attached hydrogens (tertiary/aromatic N) is 1. The Hall–Kier alpha value is -1.00. The summed E-state index contributed by atoms with van der Waals surface area (Å²) in [6.45, 7) is 0.862. The Bertz CT molecular complexity index is 480. The Morgan fingerprint density at radius 3 is 2.76 bits per heavy atom. The minimum atomic E-state index is 0.862. The molecule has 0 saturated heterocycles. The zero-order valence-corrected chi connectivity index (χ0v) is 12.3. The first-order chi connectivity index (χ1) is 8.16. The maximum Gasteiger partial charge on any atom is 0.0597 e. The van der Waals surface area contributed by atoms with Crippen molar-refractivity contribution in [2.75, 3.05) is 24.3 Å². The lowest BCUT2D eigenvalue weighted by molar-refractivity contribution is 1.10. The maximum absolute atomic E-state index is 3.51. The second kappa shape index (κ2) is 5.56. The van der Waals surface area contributed by atoms with Gasteiger partial charge in [-0.15, -0.1) is 0 Å². The molecule has 1 heterocycles. The largest absolute Gasteiger partial charge is 0.379 e. The minimum Gasteiger partial charge on any atom is -0.379 e. The van der Waals surface area contributed by atoms with Gasteiger partial charge in [0, 0.05) is 25.1 Å². The first kappa shape index (κ1) is 12.5. The predicted molar refractivity (Wildman–Crippen MR) is 80.1 cm³/mol. The molecule has 90 valence electrons. The van der Waals surface area contributed by atoms with Gasteiger partial charge in [0.15, 0.2) is 0 Å². The van der Waals surface area contributed by atoms with Crippen molar-refractivity contribution in [2.45, 2.75) is 6.54 Å². The van der Waals surface area contributed by atoms with Crippen molar-refractivity contribution in [1.29, 1.82) is 0 Å². The molecule has 2 nitrogen and oxygen atoms in total. The summed E-state index contributed by atoms with van der Waals surface area (Å²) in [4.78, 5) is 2.11. The van der Waals surface area contributed by atoms with Crippen LogP contribution in [0.4, 0.5) is 11.4 Å². The molecular formula is C13H15BrN2S. The zero-order chi connectivity index (χ0) is 12.3. The standard InChI is InChI=1S/C13H15BrN2S/c1-16(2)13-4-3-11(14)7-12(13)15-8-10-5-6-17-9-10/h3-7,9,15H,8H2,1-2H3. The molecule has 0 aliphatic carbocycles. The molecule has 0 aliphatic rings. The third-order valence-corrected chi connectivity index (χ3v) is 3.73. The fourth-order valence-corrected chi connectivity index (χ4v) is 2.66. The lowest BCUT2D eigenvalue weighted by atomic mass is 10.2. The molecule has 0 spiro atoms. The summed E-state index contributed by atoms with van der Waals surface area (Å²) in [6.07, 6.45) is 0. The quantitative estimate of drug-likeness (QED) is 0.911. The number of anilines is 2. The van der Waals surface area contributed by atoms with Crippen LogP contribution >= 0.6 is 27.3 Å². The van der Waals surface area contributed by atoms with Gasteiger partial charge in [-0.1, -0.05) is 15.9 Å². The normalized spacial score (nSPS) is 10.3. The lowest BCUT2D eigenvalue weighted by Crippen LogP contribution is -2.12. The highest BCUT2D eigenvalue weighted by atomic mass is 79.9. The van der Waals surface area contributed by atoms with E-state index in [-0.39, 0.29) is 0 Å². The Labute approximate surface area is 114 Å². The monoisotopic (exact) mass is 310 g/mol. The number of nitrogens with one attached hydrogen (secondary N) is 1. The molecule has 0 unspecified atom stereocenters. The molecule has 0 fully saturated rings. The number of hydrogen-bond acceptors (Lipinski definition) is 3. The number of benzene rings is 1. The summed E-state index contributed by atoms with van der Waals surface area (Å²) in [5.74, 6) is 0. The molecule has 1 N–H and O–H groups in total. The van der Waals surface area contributed by atoms with Crippen molar-refractivity contribution < 1.29 is 0 Å². The van der Waals surface area contributed by atoms with Crippen molar-refractivity contribution in [2.24, 2.45) is 0 Å². The summed E-state index contributed by atoms with van der Waals surface area (Å²) >= 11 is 5.24. The summed E-state index contributed by atoms with van der Waals surface area (Å²) in [6, 6.07) is 8.43. The van der Waals surface area contributed by atoms with Crippen LogP contribution in [0, 0.1) is 0 Å². The van der Waals surface area contributed by atoms with Gasteiger partial charge in [0.05, 0.1) is 11.4 Å². The number of hydrogen-bond donors (Lipinski definition) is 1. The second-order valence-corrected chi connectivity index (χ2v) is 5.74. The molecule has 17 heavy (non-hydrogen) atoms. The molecule has 1 aromatic heterocycles. The Kier molecular flexibility index (Phi) is 4.07. The Morgan fingerprint density at radius 2 is 2.12 bits per heavy atom. The highest BCUT2D eigenvalue weighted by Gasteiger charge is 2.05. The van der Waals surface area contributed by atoms with Gasteiger partial charge in [-0.25, -0.2) is 0 Å². The van der Waals surface area contributed by atoms with E-state index in [0.717, 1.165) is 16.7 Å². The highest BCUT2D eigenvalue weighted by Crippen LogP contribution is 2.28. The third-order valence-electron chi connectivity index (χ3n) is 2.50. The fraction of sp³-hybridized carbons (Fsp3) is 0.231. The molecule has 0 atom stereocenters. The maximum atomic E-state index is 3.51. The van der Waals surface area contributed by atoms with Crippen LogP contribution in [0.5, 0.6) is 0 Å². The molecule has 1 aromatic carbocycles. The fourth-order valence-electron chi connectivity index (χ4n) is 1.63. The molecule has 0 radical (unpaired) electrons. The Morgan fingerprint density at radius 1 is 1.29 bits per heavy atom. The average Bonchev–Trinajstić information content (AvgIpc) is 2.78. The Balaban J connectivity index is 2.16. The van der Waals surface area contributed by atoms with Crippen LogP contribution in [-0.4, -0.2) is 14.1 Å². The van der Waals surface area contributed by atoms with E-state index in [0.29, 0.717) is 0 Å². The third kappa shape index (κ3) is 3.23. The molecular weight excluding hydrogens is 296 g/mol. The van der Waals surface area contributed by atoms with Gasteiger partial charge in [-0.3, -0.25) is 0 Å². The van der Waals surface area contributed by atoms with Crippen LogP contribution in [-0.2, 0) is 6.54 Å². The van der Waals surface area contributed by atoms with Gasteiger partial charge in [0.2, 0.25) is 0 Å². The van der Waals surface area contributed by atoms with Crippen LogP contribution in [0.3, 0.4) is 0 Å². The lowest BCUT2D eigenvalue weighted by Gasteiger charge is -2.18. The van der Waals surface area contributed by atoms with Crippen molar-refractivity contribution >= 4 is 38.6 Å². The van der Waals surface area contributed by atoms with Gasteiger partial charge in [-0.05, 0) is 40.6 Å². The minimum absolute atomic E-state index is 0.862. The highest BCUT2D eigenvalue weighted by molar-refractivity contribution is 9.10. The van der Waals surface area contributed by atoms with E-state index < -0.39 is 0 Å². The van der Waals surface area contributed by atoms with Crippen LogP contribution in [0.2, 0.25) is 0 Å². The van der Waals surface area contributed by atoms with E-state index in [1.807, 2.05) is 0 Å². The summed E-state index contributed by atoms with van der Waals surface area (Å²) in [7, 11) is 4.11. The first-order valence-corrected chi connectivity index (χ1v) is 7.12.